The third-order valence-electron chi connectivity index (χ3n) is 1.85. The average molecular weight is 204 g/mol. The molecule has 2 atom stereocenters. The summed E-state index contributed by atoms with van der Waals surface area (Å²) in [5.74, 6) is -1.25. The maximum Gasteiger partial charge on any atom is 0.328 e. The monoisotopic (exact) mass is 204 g/mol. The highest BCUT2D eigenvalue weighted by molar-refractivity contribution is 5.82. The fourth-order valence-electron chi connectivity index (χ4n) is 0.776. The Bertz CT molecular complexity index is 217. The van der Waals surface area contributed by atoms with Crippen molar-refractivity contribution < 1.29 is 19.8 Å². The van der Waals surface area contributed by atoms with Crippen molar-refractivity contribution in [3.05, 3.63) is 0 Å². The van der Waals surface area contributed by atoms with Crippen LogP contribution in [0.15, 0.2) is 0 Å². The number of nitrogens with one attached hydrogen (secondary N) is 1. The number of carboxylic acid groups (broad SMARTS) is 1. The van der Waals surface area contributed by atoms with Crippen molar-refractivity contribution in [1.82, 2.24) is 10.2 Å². The molecule has 0 bridgehead atoms. The van der Waals surface area contributed by atoms with Crippen LogP contribution in [0.4, 0.5) is 4.79 Å². The lowest BCUT2D eigenvalue weighted by Crippen LogP contribution is -2.51. The molecule has 14 heavy (non-hydrogen) atoms. The zero-order chi connectivity index (χ0) is 11.3. The molecule has 0 aromatic rings. The smallest absolute Gasteiger partial charge is 0.328 e. The van der Waals surface area contributed by atoms with E-state index in [1.807, 2.05) is 0 Å². The number of hydrogen-bond donors (Lipinski definition) is 3. The minimum Gasteiger partial charge on any atom is -0.480 e. The Morgan fingerprint density at radius 2 is 2.00 bits per heavy atom. The summed E-state index contributed by atoms with van der Waals surface area (Å²) in [4.78, 5) is 23.1. The summed E-state index contributed by atoms with van der Waals surface area (Å²) in [6.07, 6.45) is -1.12. The molecule has 6 nitrogen and oxygen atoms in total. The van der Waals surface area contributed by atoms with E-state index in [4.69, 9.17) is 10.2 Å². The number of urea groups is 1. The number of carbonyl (C=O) groups excluding carboxylic acids is 1. The molecule has 0 fully saturated rings. The summed E-state index contributed by atoms with van der Waals surface area (Å²) >= 11 is 0. The van der Waals surface area contributed by atoms with Gasteiger partial charge in [0, 0.05) is 13.6 Å². The third-order valence-corrected chi connectivity index (χ3v) is 1.85. The molecule has 0 spiro atoms. The van der Waals surface area contributed by atoms with E-state index in [0.717, 1.165) is 0 Å². The van der Waals surface area contributed by atoms with Crippen LogP contribution in [-0.4, -0.2) is 52.9 Å². The first-order valence-electron chi connectivity index (χ1n) is 4.32. The van der Waals surface area contributed by atoms with Crippen molar-refractivity contribution in [2.75, 3.05) is 13.6 Å². The molecule has 0 rings (SSSR count). The average Bonchev–Trinajstić information content (AvgIpc) is 2.11. The van der Waals surface area contributed by atoms with Crippen LogP contribution in [-0.2, 0) is 4.79 Å². The van der Waals surface area contributed by atoms with Gasteiger partial charge in [0.25, 0.3) is 0 Å². The lowest BCUT2D eigenvalue weighted by Gasteiger charge is -2.21. The molecule has 0 aliphatic carbocycles. The van der Waals surface area contributed by atoms with Gasteiger partial charge in [-0.25, -0.2) is 9.59 Å². The van der Waals surface area contributed by atoms with E-state index in [1.165, 1.54) is 18.9 Å². The molecule has 0 aliphatic rings. The predicted molar refractivity (Wildman–Crippen MR) is 49.9 cm³/mol. The summed E-state index contributed by atoms with van der Waals surface area (Å²) in [5.41, 5.74) is 0. The first-order valence-corrected chi connectivity index (χ1v) is 4.32. The van der Waals surface area contributed by atoms with E-state index in [9.17, 15) is 9.59 Å². The highest BCUT2D eigenvalue weighted by Crippen LogP contribution is 1.94. The second-order valence-electron chi connectivity index (χ2n) is 3.02. The highest BCUT2D eigenvalue weighted by atomic mass is 16.4. The van der Waals surface area contributed by atoms with E-state index in [1.54, 1.807) is 6.92 Å². The number of carbonyl (C=O) groups is 2. The van der Waals surface area contributed by atoms with Crippen LogP contribution in [0.25, 0.3) is 0 Å². The normalized spacial score (nSPS) is 14.3. The quantitative estimate of drug-likeness (QED) is 0.575. The number of nitrogens with zero attached hydrogens (tertiary/aromatic N) is 1. The topological polar surface area (TPSA) is 89.9 Å². The van der Waals surface area contributed by atoms with Gasteiger partial charge in [-0.05, 0) is 13.8 Å². The largest absolute Gasteiger partial charge is 0.480 e. The number of amides is 2. The summed E-state index contributed by atoms with van der Waals surface area (Å²) in [6, 6.07) is -1.78. The van der Waals surface area contributed by atoms with Gasteiger partial charge in [-0.15, -0.1) is 0 Å². The fraction of sp³-hybridized carbons (Fsp3) is 0.750. The van der Waals surface area contributed by atoms with Crippen molar-refractivity contribution in [2.24, 2.45) is 0 Å². The Morgan fingerprint density at radius 1 is 1.50 bits per heavy atom. The van der Waals surface area contributed by atoms with Crippen molar-refractivity contribution >= 4 is 12.0 Å². The van der Waals surface area contributed by atoms with Crippen LogP contribution >= 0.6 is 0 Å². The van der Waals surface area contributed by atoms with Crippen LogP contribution in [0.3, 0.4) is 0 Å². The van der Waals surface area contributed by atoms with Gasteiger partial charge >= 0.3 is 12.0 Å². The maximum absolute atomic E-state index is 11.2. The second kappa shape index (κ2) is 5.43. The Morgan fingerprint density at radius 3 is 2.29 bits per heavy atom. The molecule has 0 unspecified atom stereocenters. The molecule has 82 valence electrons. The number of aliphatic carboxylic acids is 1. The van der Waals surface area contributed by atoms with Gasteiger partial charge in [0.2, 0.25) is 0 Å². The van der Waals surface area contributed by atoms with Gasteiger partial charge in [0.15, 0.2) is 6.04 Å². The van der Waals surface area contributed by atoms with Crippen LogP contribution in [0.1, 0.15) is 13.8 Å². The zero-order valence-corrected chi connectivity index (χ0v) is 8.52. The predicted octanol–water partition coefficient (Wildman–Crippen LogP) is -0.518. The van der Waals surface area contributed by atoms with Crippen molar-refractivity contribution in [3.8, 4) is 0 Å². The molecule has 0 aromatic carbocycles. The van der Waals surface area contributed by atoms with Gasteiger partial charge in [0.05, 0.1) is 6.10 Å². The van der Waals surface area contributed by atoms with Gasteiger partial charge in [-0.2, -0.15) is 0 Å². The lowest BCUT2D eigenvalue weighted by atomic mass is 10.2. The SMILES string of the molecule is CCN(C)C(=O)N[C@H](C(=O)O)[C@@H](C)O. The summed E-state index contributed by atoms with van der Waals surface area (Å²) in [5, 5.41) is 19.9. The summed E-state index contributed by atoms with van der Waals surface area (Å²) < 4.78 is 0. The van der Waals surface area contributed by atoms with E-state index in [2.05, 4.69) is 5.32 Å². The van der Waals surface area contributed by atoms with E-state index in [-0.39, 0.29) is 0 Å². The molecule has 3 N–H and O–H groups in total. The molecule has 0 saturated heterocycles. The van der Waals surface area contributed by atoms with Crippen molar-refractivity contribution in [3.63, 3.8) is 0 Å². The molecular formula is C8H16N2O4. The molecule has 0 saturated carbocycles. The molecule has 0 radical (unpaired) electrons. The molecule has 6 heteroatoms. The fourth-order valence-corrected chi connectivity index (χ4v) is 0.776. The van der Waals surface area contributed by atoms with Crippen molar-refractivity contribution in [2.45, 2.75) is 26.0 Å². The van der Waals surface area contributed by atoms with Gasteiger partial charge in [-0.3, -0.25) is 0 Å². The zero-order valence-electron chi connectivity index (χ0n) is 8.52. The Balaban J connectivity index is 4.31. The Kier molecular flexibility index (Phi) is 4.93. The second-order valence-corrected chi connectivity index (χ2v) is 3.02. The number of aliphatic hydroxyl groups is 1. The standard InChI is InChI=1S/C8H16N2O4/c1-4-10(3)8(14)9-6(5(2)11)7(12)13/h5-6,11H,4H2,1-3H3,(H,9,14)(H,12,13)/t5-,6+/m1/s1. The number of hydrogen-bond acceptors (Lipinski definition) is 3. The van der Waals surface area contributed by atoms with Crippen LogP contribution in [0.5, 0.6) is 0 Å². The van der Waals surface area contributed by atoms with Crippen molar-refractivity contribution in [1.29, 1.82) is 0 Å². The van der Waals surface area contributed by atoms with E-state index in [0.29, 0.717) is 6.54 Å². The maximum atomic E-state index is 11.2. The first-order chi connectivity index (χ1) is 6.40. The first kappa shape index (κ1) is 12.7. The van der Waals surface area contributed by atoms with Gasteiger partial charge < -0.3 is 20.4 Å². The van der Waals surface area contributed by atoms with Crippen LogP contribution in [0.2, 0.25) is 0 Å². The molecule has 0 aromatic heterocycles. The molecule has 0 heterocycles. The number of aliphatic hydroxyl groups excluding tert-OH is 1. The Labute approximate surface area is 82.5 Å². The molecular weight excluding hydrogens is 188 g/mol. The number of carboxylic acids is 1. The molecule has 0 aliphatic heterocycles. The highest BCUT2D eigenvalue weighted by Gasteiger charge is 2.25. The van der Waals surface area contributed by atoms with E-state index < -0.39 is 24.1 Å². The lowest BCUT2D eigenvalue weighted by molar-refractivity contribution is -0.141. The van der Waals surface area contributed by atoms with Gasteiger partial charge in [-0.1, -0.05) is 0 Å². The minimum absolute atomic E-state index is 0.470. The molecule has 2 amide bonds. The summed E-state index contributed by atoms with van der Waals surface area (Å²) in [6.45, 7) is 3.54. The minimum atomic E-state index is -1.27. The van der Waals surface area contributed by atoms with Crippen LogP contribution in [0, 0.1) is 0 Å². The van der Waals surface area contributed by atoms with E-state index >= 15 is 0 Å². The Hall–Kier alpha value is -1.30. The van der Waals surface area contributed by atoms with Gasteiger partial charge in [0.1, 0.15) is 0 Å². The van der Waals surface area contributed by atoms with Crippen LogP contribution < -0.4 is 5.32 Å². The number of rotatable bonds is 4. The summed E-state index contributed by atoms with van der Waals surface area (Å²) in [7, 11) is 1.54. The third kappa shape index (κ3) is 3.61.